The number of carbonyl (C=O) groups excluding carboxylic acids is 1. The molecule has 2 saturated heterocycles. The number of amides is 1. The summed E-state index contributed by atoms with van der Waals surface area (Å²) in [4.78, 5) is 32.6. The number of carbonyl (C=O) groups is 1. The van der Waals surface area contributed by atoms with Crippen molar-refractivity contribution in [3.8, 4) is 11.3 Å². The SMILES string of the molecule is Cc1ccc(-c2noc(C)c2Cn2ncc(N3CCN4C(=O)OCC4C3)cc2=O)cn1. The van der Waals surface area contributed by atoms with Gasteiger partial charge in [-0.25, -0.2) is 9.48 Å². The van der Waals surface area contributed by atoms with Gasteiger partial charge in [0.2, 0.25) is 0 Å². The van der Waals surface area contributed by atoms with Crippen LogP contribution in [0.25, 0.3) is 11.3 Å². The van der Waals surface area contributed by atoms with Crippen LogP contribution < -0.4 is 10.5 Å². The second-order valence-electron chi connectivity index (χ2n) is 7.83. The molecular formula is C21H22N6O4. The summed E-state index contributed by atoms with van der Waals surface area (Å²) in [5.41, 5.74) is 3.72. The van der Waals surface area contributed by atoms with Gasteiger partial charge in [0.1, 0.15) is 18.1 Å². The Kier molecular flexibility index (Phi) is 4.68. The first-order valence-electron chi connectivity index (χ1n) is 10.1. The van der Waals surface area contributed by atoms with Gasteiger partial charge in [-0.3, -0.25) is 14.7 Å². The van der Waals surface area contributed by atoms with Gasteiger partial charge in [0.15, 0.2) is 0 Å². The Bertz CT molecular complexity index is 1190. The zero-order chi connectivity index (χ0) is 21.5. The lowest BCUT2D eigenvalue weighted by Crippen LogP contribution is -2.52. The number of ether oxygens (including phenoxy) is 1. The molecule has 0 aromatic carbocycles. The van der Waals surface area contributed by atoms with E-state index < -0.39 is 0 Å². The van der Waals surface area contributed by atoms with E-state index in [0.29, 0.717) is 37.7 Å². The summed E-state index contributed by atoms with van der Waals surface area (Å²) in [5, 5.41) is 8.54. The number of fused-ring (bicyclic) bond motifs is 1. The van der Waals surface area contributed by atoms with Crippen LogP contribution in [-0.2, 0) is 11.3 Å². The molecule has 1 atom stereocenters. The zero-order valence-corrected chi connectivity index (χ0v) is 17.3. The van der Waals surface area contributed by atoms with E-state index in [4.69, 9.17) is 9.26 Å². The van der Waals surface area contributed by atoms with Crippen LogP contribution in [0.2, 0.25) is 0 Å². The Morgan fingerprint density at radius 3 is 2.81 bits per heavy atom. The van der Waals surface area contributed by atoms with Crippen molar-refractivity contribution in [2.45, 2.75) is 26.4 Å². The average Bonchev–Trinajstić information content (AvgIpc) is 3.32. The fraction of sp³-hybridized carbons (Fsp3) is 0.381. The highest BCUT2D eigenvalue weighted by molar-refractivity contribution is 5.71. The maximum Gasteiger partial charge on any atom is 0.410 e. The van der Waals surface area contributed by atoms with Gasteiger partial charge < -0.3 is 14.2 Å². The topological polar surface area (TPSA) is 107 Å². The molecule has 10 nitrogen and oxygen atoms in total. The van der Waals surface area contributed by atoms with E-state index in [1.54, 1.807) is 23.4 Å². The van der Waals surface area contributed by atoms with Crippen LogP contribution in [-0.4, -0.2) is 63.2 Å². The van der Waals surface area contributed by atoms with Crippen LogP contribution in [0, 0.1) is 13.8 Å². The van der Waals surface area contributed by atoms with Crippen molar-refractivity contribution in [1.29, 1.82) is 0 Å². The first-order chi connectivity index (χ1) is 15.0. The zero-order valence-electron chi connectivity index (χ0n) is 17.3. The van der Waals surface area contributed by atoms with E-state index in [-0.39, 0.29) is 24.2 Å². The van der Waals surface area contributed by atoms with Crippen molar-refractivity contribution in [2.75, 3.05) is 31.1 Å². The van der Waals surface area contributed by atoms with Gasteiger partial charge in [0.25, 0.3) is 5.56 Å². The maximum absolute atomic E-state index is 12.8. The van der Waals surface area contributed by atoms with E-state index in [1.165, 1.54) is 4.68 Å². The minimum atomic E-state index is -0.262. The highest BCUT2D eigenvalue weighted by atomic mass is 16.6. The largest absolute Gasteiger partial charge is 0.447 e. The Morgan fingerprint density at radius 2 is 2.03 bits per heavy atom. The van der Waals surface area contributed by atoms with Gasteiger partial charge in [0.05, 0.1) is 24.5 Å². The van der Waals surface area contributed by atoms with E-state index in [9.17, 15) is 9.59 Å². The number of aromatic nitrogens is 4. The smallest absolute Gasteiger partial charge is 0.410 e. The van der Waals surface area contributed by atoms with Crippen molar-refractivity contribution in [1.82, 2.24) is 24.8 Å². The number of nitrogens with zero attached hydrogens (tertiary/aromatic N) is 6. The van der Waals surface area contributed by atoms with Crippen LogP contribution in [0.3, 0.4) is 0 Å². The highest BCUT2D eigenvalue weighted by Crippen LogP contribution is 2.26. The second kappa shape index (κ2) is 7.53. The molecule has 10 heteroatoms. The number of cyclic esters (lactones) is 1. The summed E-state index contributed by atoms with van der Waals surface area (Å²) in [6.07, 6.45) is 3.17. The van der Waals surface area contributed by atoms with Crippen molar-refractivity contribution in [3.63, 3.8) is 0 Å². The number of piperazine rings is 1. The standard InChI is InChI=1S/C21H22N6O4/c1-13-3-4-15(8-22-13)20-18(14(2)31-24-20)11-27-19(28)7-16(9-23-27)25-5-6-26-17(10-25)12-30-21(26)29/h3-4,7-9,17H,5-6,10-12H2,1-2H3. The third kappa shape index (κ3) is 3.54. The molecule has 160 valence electrons. The molecule has 3 aromatic rings. The molecule has 2 fully saturated rings. The summed E-state index contributed by atoms with van der Waals surface area (Å²) >= 11 is 0. The monoisotopic (exact) mass is 422 g/mol. The molecule has 2 aliphatic rings. The summed E-state index contributed by atoms with van der Waals surface area (Å²) in [7, 11) is 0. The van der Waals surface area contributed by atoms with Crippen molar-refractivity contribution >= 4 is 11.8 Å². The van der Waals surface area contributed by atoms with Crippen molar-refractivity contribution in [3.05, 3.63) is 58.0 Å². The van der Waals surface area contributed by atoms with Crippen LogP contribution in [0.4, 0.5) is 10.5 Å². The second-order valence-corrected chi connectivity index (χ2v) is 7.83. The molecule has 5 heterocycles. The summed E-state index contributed by atoms with van der Waals surface area (Å²) < 4.78 is 11.9. The predicted octanol–water partition coefficient (Wildman–Crippen LogP) is 1.60. The molecular weight excluding hydrogens is 400 g/mol. The summed E-state index contributed by atoms with van der Waals surface area (Å²) in [6, 6.07) is 5.43. The van der Waals surface area contributed by atoms with Crippen molar-refractivity contribution < 1.29 is 14.1 Å². The van der Waals surface area contributed by atoms with E-state index in [2.05, 4.69) is 20.1 Å². The Labute approximate surface area is 178 Å². The van der Waals surface area contributed by atoms with Gasteiger partial charge in [-0.15, -0.1) is 0 Å². The number of rotatable bonds is 4. The molecule has 2 aliphatic heterocycles. The molecule has 0 spiro atoms. The highest BCUT2D eigenvalue weighted by Gasteiger charge is 2.37. The van der Waals surface area contributed by atoms with Gasteiger partial charge in [-0.2, -0.15) is 5.10 Å². The number of anilines is 1. The minimum absolute atomic E-state index is 0.00835. The lowest BCUT2D eigenvalue weighted by molar-refractivity contribution is 0.157. The summed E-state index contributed by atoms with van der Waals surface area (Å²) in [6.45, 7) is 6.18. The summed E-state index contributed by atoms with van der Waals surface area (Å²) in [5.74, 6) is 0.635. The van der Waals surface area contributed by atoms with Gasteiger partial charge in [0, 0.05) is 48.7 Å². The van der Waals surface area contributed by atoms with Crippen LogP contribution in [0.5, 0.6) is 0 Å². The molecule has 31 heavy (non-hydrogen) atoms. The van der Waals surface area contributed by atoms with E-state index >= 15 is 0 Å². The van der Waals surface area contributed by atoms with Gasteiger partial charge in [-0.1, -0.05) is 5.16 Å². The first kappa shape index (κ1) is 19.3. The molecule has 0 N–H and O–H groups in total. The molecule has 1 unspecified atom stereocenters. The predicted molar refractivity (Wildman–Crippen MR) is 111 cm³/mol. The van der Waals surface area contributed by atoms with Crippen LogP contribution in [0.1, 0.15) is 17.0 Å². The molecule has 3 aromatic heterocycles. The third-order valence-corrected chi connectivity index (χ3v) is 5.81. The van der Waals surface area contributed by atoms with Gasteiger partial charge in [-0.05, 0) is 26.0 Å². The van der Waals surface area contributed by atoms with Crippen molar-refractivity contribution in [2.24, 2.45) is 0 Å². The Hall–Kier alpha value is -3.69. The molecule has 1 amide bonds. The van der Waals surface area contributed by atoms with E-state index in [1.807, 2.05) is 26.0 Å². The number of aryl methyl sites for hydroxylation is 2. The third-order valence-electron chi connectivity index (χ3n) is 5.81. The Balaban J connectivity index is 1.37. The molecule has 0 saturated carbocycles. The van der Waals surface area contributed by atoms with Crippen LogP contribution >= 0.6 is 0 Å². The fourth-order valence-electron chi connectivity index (χ4n) is 4.00. The molecule has 0 radical (unpaired) electrons. The minimum Gasteiger partial charge on any atom is -0.447 e. The maximum atomic E-state index is 12.8. The lowest BCUT2D eigenvalue weighted by Gasteiger charge is -2.36. The average molecular weight is 422 g/mol. The molecule has 5 rings (SSSR count). The normalized spacial score (nSPS) is 18.3. The molecule has 0 bridgehead atoms. The number of pyridine rings is 1. The number of hydrogen-bond donors (Lipinski definition) is 0. The van der Waals surface area contributed by atoms with Gasteiger partial charge >= 0.3 is 6.09 Å². The number of hydrogen-bond acceptors (Lipinski definition) is 8. The van der Waals surface area contributed by atoms with E-state index in [0.717, 1.165) is 22.5 Å². The quantitative estimate of drug-likeness (QED) is 0.624. The molecule has 0 aliphatic carbocycles. The Morgan fingerprint density at radius 1 is 1.16 bits per heavy atom. The van der Waals surface area contributed by atoms with Crippen LogP contribution in [0.15, 0.2) is 39.9 Å². The fourth-order valence-corrected chi connectivity index (χ4v) is 4.00. The first-order valence-corrected chi connectivity index (χ1v) is 10.1. The lowest BCUT2D eigenvalue weighted by atomic mass is 10.1.